The Morgan fingerprint density at radius 3 is 2.75 bits per heavy atom. The number of carbonyl (C=O) groups excluding carboxylic acids is 2. The summed E-state index contributed by atoms with van der Waals surface area (Å²) in [6, 6.07) is 0. The molecule has 3 heterocycles. The predicted molar refractivity (Wildman–Crippen MR) is 96.8 cm³/mol. The van der Waals surface area contributed by atoms with E-state index >= 15 is 0 Å². The van der Waals surface area contributed by atoms with Gasteiger partial charge in [0.2, 0.25) is 11.8 Å². The largest absolute Gasteiger partial charge is 0.361 e. The summed E-state index contributed by atoms with van der Waals surface area (Å²) in [5.74, 6) is -0.166. The minimum atomic E-state index is -0.564. The van der Waals surface area contributed by atoms with Gasteiger partial charge in [-0.2, -0.15) is 11.8 Å². The van der Waals surface area contributed by atoms with Crippen molar-refractivity contribution >= 4 is 23.6 Å². The molecule has 3 aliphatic heterocycles. The molecule has 0 aromatic carbocycles. The molecule has 5 unspecified atom stereocenters. The van der Waals surface area contributed by atoms with Gasteiger partial charge in [-0.15, -0.1) is 0 Å². The number of thioether (sulfide) groups is 1. The molecule has 2 bridgehead atoms. The number of hydrogen-bond acceptors (Lipinski definition) is 4. The summed E-state index contributed by atoms with van der Waals surface area (Å²) in [5, 5.41) is 3.10. The Morgan fingerprint density at radius 2 is 2.00 bits per heavy atom. The number of hydrogen-bond donors (Lipinski definition) is 1. The molecule has 24 heavy (non-hydrogen) atoms. The molecule has 0 aromatic rings. The fraction of sp³-hybridized carbons (Fsp3) is 0.789. The molecule has 134 valence electrons. The average molecular weight is 352 g/mol. The second-order valence-electron chi connectivity index (χ2n) is 7.30. The number of rotatable bonds is 10. The number of nitrogens with one attached hydrogen (secondary N) is 1. The van der Waals surface area contributed by atoms with Crippen LogP contribution in [0.2, 0.25) is 0 Å². The highest BCUT2D eigenvalue weighted by Gasteiger charge is 2.65. The first kappa shape index (κ1) is 18.0. The van der Waals surface area contributed by atoms with Gasteiger partial charge in [-0.3, -0.25) is 14.9 Å². The summed E-state index contributed by atoms with van der Waals surface area (Å²) in [6.45, 7) is 4.48. The predicted octanol–water partition coefficient (Wildman–Crippen LogP) is 3.45. The van der Waals surface area contributed by atoms with Crippen LogP contribution >= 0.6 is 11.8 Å². The lowest BCUT2D eigenvalue weighted by Crippen LogP contribution is -2.41. The Balaban J connectivity index is 1.53. The molecule has 1 N–H and O–H groups in total. The highest BCUT2D eigenvalue weighted by atomic mass is 32.2. The van der Waals surface area contributed by atoms with Crippen LogP contribution in [0.25, 0.3) is 0 Å². The van der Waals surface area contributed by atoms with Crippen molar-refractivity contribution in [2.45, 2.75) is 75.7 Å². The van der Waals surface area contributed by atoms with Gasteiger partial charge in [0.25, 0.3) is 0 Å². The molecule has 3 aliphatic rings. The number of ether oxygens (including phenoxy) is 1. The molecule has 0 aliphatic carbocycles. The number of unbranched alkanes of at least 4 members (excludes halogenated alkanes) is 4. The second kappa shape index (κ2) is 7.61. The van der Waals surface area contributed by atoms with E-state index in [-0.39, 0.29) is 29.8 Å². The number of imide groups is 1. The first-order valence-corrected chi connectivity index (χ1v) is 10.5. The van der Waals surface area contributed by atoms with E-state index in [9.17, 15) is 9.59 Å². The molecule has 2 saturated heterocycles. The zero-order valence-electron chi connectivity index (χ0n) is 14.8. The Hall–Kier alpha value is -0.810. The van der Waals surface area contributed by atoms with Crippen molar-refractivity contribution in [2.75, 3.05) is 5.75 Å². The molecular formula is C19H29NO3S. The highest BCUT2D eigenvalue weighted by Crippen LogP contribution is 2.51. The van der Waals surface area contributed by atoms with E-state index in [0.717, 1.165) is 12.2 Å². The fourth-order valence-electron chi connectivity index (χ4n) is 4.22. The molecule has 3 rings (SSSR count). The SMILES string of the molecule is CCCCCCCC(CC)SCC12C=CC(O1)C1C(=O)NC(=O)C12. The van der Waals surface area contributed by atoms with Gasteiger partial charge in [0.1, 0.15) is 5.60 Å². The van der Waals surface area contributed by atoms with Gasteiger partial charge in [-0.25, -0.2) is 0 Å². The summed E-state index contributed by atoms with van der Waals surface area (Å²) >= 11 is 1.92. The first-order valence-electron chi connectivity index (χ1n) is 9.44. The minimum absolute atomic E-state index is 0.148. The van der Waals surface area contributed by atoms with Crippen LogP contribution in [0.1, 0.15) is 58.8 Å². The molecule has 4 nitrogen and oxygen atoms in total. The second-order valence-corrected chi connectivity index (χ2v) is 8.59. The molecule has 5 atom stereocenters. The van der Waals surface area contributed by atoms with E-state index < -0.39 is 5.60 Å². The monoisotopic (exact) mass is 351 g/mol. The van der Waals surface area contributed by atoms with E-state index in [1.807, 2.05) is 23.9 Å². The van der Waals surface area contributed by atoms with Gasteiger partial charge in [0.15, 0.2) is 0 Å². The lowest BCUT2D eigenvalue weighted by atomic mass is 9.78. The van der Waals surface area contributed by atoms with Crippen LogP contribution in [0.4, 0.5) is 0 Å². The maximum atomic E-state index is 12.2. The van der Waals surface area contributed by atoms with Crippen LogP contribution in [0.15, 0.2) is 12.2 Å². The molecule has 5 heteroatoms. The van der Waals surface area contributed by atoms with E-state index in [0.29, 0.717) is 5.25 Å². The van der Waals surface area contributed by atoms with Crippen molar-refractivity contribution in [1.29, 1.82) is 0 Å². The lowest BCUT2D eigenvalue weighted by Gasteiger charge is -2.29. The number of fused-ring (bicyclic) bond motifs is 5. The van der Waals surface area contributed by atoms with Crippen LogP contribution in [0, 0.1) is 11.8 Å². The van der Waals surface area contributed by atoms with E-state index in [1.54, 1.807) is 0 Å². The van der Waals surface area contributed by atoms with Gasteiger partial charge >= 0.3 is 0 Å². The Kier molecular flexibility index (Phi) is 5.70. The standard InChI is InChI=1S/C19H29NO3S/c1-3-5-6-7-8-9-13(4-2)24-12-19-11-10-14(23-19)15-16(19)18(22)20-17(15)21/h10-11,13-16H,3-9,12H2,1-2H3,(H,20,21,22). The summed E-state index contributed by atoms with van der Waals surface area (Å²) in [6.07, 6.45) is 12.7. The summed E-state index contributed by atoms with van der Waals surface area (Å²) < 4.78 is 6.11. The van der Waals surface area contributed by atoms with Gasteiger partial charge in [-0.1, -0.05) is 58.1 Å². The zero-order chi connectivity index (χ0) is 17.2. The van der Waals surface area contributed by atoms with Crippen molar-refractivity contribution in [3.63, 3.8) is 0 Å². The topological polar surface area (TPSA) is 55.4 Å². The quantitative estimate of drug-likeness (QED) is 0.372. The summed E-state index contributed by atoms with van der Waals surface area (Å²) in [7, 11) is 0. The van der Waals surface area contributed by atoms with Crippen LogP contribution in [0.3, 0.4) is 0 Å². The molecule has 2 amide bonds. The minimum Gasteiger partial charge on any atom is -0.361 e. The Morgan fingerprint density at radius 1 is 1.21 bits per heavy atom. The van der Waals surface area contributed by atoms with E-state index in [4.69, 9.17) is 4.74 Å². The van der Waals surface area contributed by atoms with Crippen molar-refractivity contribution in [3.05, 3.63) is 12.2 Å². The van der Waals surface area contributed by atoms with Gasteiger partial charge < -0.3 is 4.74 Å². The average Bonchev–Trinajstić information content (AvgIpc) is 3.22. The maximum absolute atomic E-state index is 12.2. The molecule has 2 fully saturated rings. The van der Waals surface area contributed by atoms with Crippen molar-refractivity contribution in [1.82, 2.24) is 5.32 Å². The van der Waals surface area contributed by atoms with E-state index in [1.165, 1.54) is 38.5 Å². The number of carbonyl (C=O) groups is 2. The molecule has 0 aromatic heterocycles. The normalized spacial score (nSPS) is 34.7. The van der Waals surface area contributed by atoms with E-state index in [2.05, 4.69) is 19.2 Å². The Bertz CT molecular complexity index is 521. The summed E-state index contributed by atoms with van der Waals surface area (Å²) in [5.41, 5.74) is -0.564. The van der Waals surface area contributed by atoms with Crippen LogP contribution in [0.5, 0.6) is 0 Å². The van der Waals surface area contributed by atoms with Crippen LogP contribution < -0.4 is 5.32 Å². The molecule has 0 spiro atoms. The maximum Gasteiger partial charge on any atom is 0.233 e. The van der Waals surface area contributed by atoms with Crippen LogP contribution in [-0.4, -0.2) is 34.5 Å². The lowest BCUT2D eigenvalue weighted by molar-refractivity contribution is -0.129. The third kappa shape index (κ3) is 3.30. The van der Waals surface area contributed by atoms with Crippen molar-refractivity contribution in [3.8, 4) is 0 Å². The van der Waals surface area contributed by atoms with Crippen molar-refractivity contribution in [2.24, 2.45) is 11.8 Å². The van der Waals surface area contributed by atoms with Crippen LogP contribution in [-0.2, 0) is 14.3 Å². The summed E-state index contributed by atoms with van der Waals surface area (Å²) in [4.78, 5) is 24.2. The molecular weight excluding hydrogens is 322 g/mol. The highest BCUT2D eigenvalue weighted by molar-refractivity contribution is 8.00. The fourth-order valence-corrected chi connectivity index (χ4v) is 5.63. The third-order valence-electron chi connectivity index (χ3n) is 5.62. The number of amides is 2. The van der Waals surface area contributed by atoms with Crippen molar-refractivity contribution < 1.29 is 14.3 Å². The van der Waals surface area contributed by atoms with Gasteiger partial charge in [0.05, 0.1) is 17.9 Å². The van der Waals surface area contributed by atoms with Gasteiger partial charge in [0, 0.05) is 11.0 Å². The smallest absolute Gasteiger partial charge is 0.233 e. The zero-order valence-corrected chi connectivity index (χ0v) is 15.6. The first-order chi connectivity index (χ1) is 11.6. The Labute approximate surface area is 149 Å². The third-order valence-corrected chi connectivity index (χ3v) is 7.28. The molecule has 0 saturated carbocycles. The molecule has 0 radical (unpaired) electrons. The van der Waals surface area contributed by atoms with Gasteiger partial charge in [-0.05, 0) is 12.8 Å².